The van der Waals surface area contributed by atoms with Crippen molar-refractivity contribution in [2.24, 2.45) is 5.10 Å². The van der Waals surface area contributed by atoms with E-state index in [1.54, 1.807) is 26.4 Å². The van der Waals surface area contributed by atoms with Crippen molar-refractivity contribution in [1.29, 1.82) is 0 Å². The fourth-order valence-corrected chi connectivity index (χ4v) is 4.90. The number of halogens is 1. The van der Waals surface area contributed by atoms with Crippen LogP contribution in [0.2, 0.25) is 5.02 Å². The van der Waals surface area contributed by atoms with Crippen molar-refractivity contribution >= 4 is 40.5 Å². The molecule has 0 spiro atoms. The van der Waals surface area contributed by atoms with Crippen LogP contribution < -0.4 is 4.74 Å². The minimum atomic E-state index is -0.390. The lowest BCUT2D eigenvalue weighted by Crippen LogP contribution is -2.42. The minimum absolute atomic E-state index is 0.129. The summed E-state index contributed by atoms with van der Waals surface area (Å²) in [5.41, 5.74) is 2.41. The van der Waals surface area contributed by atoms with Gasteiger partial charge in [0.2, 0.25) is 0 Å². The predicted octanol–water partition coefficient (Wildman–Crippen LogP) is 4.88. The predicted molar refractivity (Wildman–Crippen MR) is 137 cm³/mol. The molecule has 2 heterocycles. The molecular formula is C26H26ClN3O4S. The van der Waals surface area contributed by atoms with Crippen LogP contribution in [0.15, 0.2) is 71.1 Å². The van der Waals surface area contributed by atoms with Crippen molar-refractivity contribution < 1.29 is 19.1 Å². The van der Waals surface area contributed by atoms with Crippen molar-refractivity contribution in [3.63, 3.8) is 0 Å². The second-order valence-electron chi connectivity index (χ2n) is 7.96. The van der Waals surface area contributed by atoms with E-state index in [0.29, 0.717) is 28.7 Å². The average Bonchev–Trinajstić information content (AvgIpc) is 3.57. The lowest BCUT2D eigenvalue weighted by atomic mass is 9.98. The number of amides is 2. The normalized spacial score (nSPS) is 15.1. The van der Waals surface area contributed by atoms with Gasteiger partial charge in [-0.25, -0.2) is 5.01 Å². The molecule has 182 valence electrons. The highest BCUT2D eigenvalue weighted by Crippen LogP contribution is 2.36. The molecule has 1 aromatic heterocycles. The minimum Gasteiger partial charge on any atom is -0.497 e. The molecule has 0 bridgehead atoms. The van der Waals surface area contributed by atoms with Gasteiger partial charge in [-0.1, -0.05) is 48.0 Å². The van der Waals surface area contributed by atoms with Crippen LogP contribution in [0.4, 0.5) is 0 Å². The van der Waals surface area contributed by atoms with Crippen molar-refractivity contribution in [2.45, 2.75) is 12.5 Å². The summed E-state index contributed by atoms with van der Waals surface area (Å²) < 4.78 is 10.5. The quantitative estimate of drug-likeness (QED) is 0.410. The van der Waals surface area contributed by atoms with Gasteiger partial charge < -0.3 is 14.4 Å². The van der Waals surface area contributed by atoms with Gasteiger partial charge in [-0.15, -0.1) is 11.3 Å². The molecular weight excluding hydrogens is 486 g/mol. The summed E-state index contributed by atoms with van der Waals surface area (Å²) in [4.78, 5) is 28.7. The third-order valence-electron chi connectivity index (χ3n) is 5.74. The van der Waals surface area contributed by atoms with Crippen LogP contribution in [0.1, 0.15) is 33.3 Å². The SMILES string of the molecule is COCCN(CC(=O)N1N=C(c2cccc(OC)c2)C[C@H]1c1ccccc1Cl)C(=O)c1cccs1. The summed E-state index contributed by atoms with van der Waals surface area (Å²) in [7, 11) is 3.17. The van der Waals surface area contributed by atoms with E-state index in [2.05, 4.69) is 0 Å². The molecule has 9 heteroatoms. The Labute approximate surface area is 213 Å². The van der Waals surface area contributed by atoms with E-state index in [1.165, 1.54) is 21.2 Å². The van der Waals surface area contributed by atoms with Gasteiger partial charge in [0.1, 0.15) is 12.3 Å². The Morgan fingerprint density at radius 3 is 2.69 bits per heavy atom. The summed E-state index contributed by atoms with van der Waals surface area (Å²) >= 11 is 7.86. The van der Waals surface area contributed by atoms with Crippen molar-refractivity contribution in [3.05, 3.63) is 87.1 Å². The van der Waals surface area contributed by atoms with E-state index < -0.39 is 6.04 Å². The molecule has 0 N–H and O–H groups in total. The Kier molecular flexibility index (Phi) is 8.17. The topological polar surface area (TPSA) is 71.4 Å². The molecule has 0 fully saturated rings. The number of carbonyl (C=O) groups is 2. The molecule has 35 heavy (non-hydrogen) atoms. The number of hydrogen-bond acceptors (Lipinski definition) is 6. The van der Waals surface area contributed by atoms with Crippen LogP contribution in [-0.4, -0.2) is 61.4 Å². The van der Waals surface area contributed by atoms with Crippen LogP contribution in [0.25, 0.3) is 0 Å². The van der Waals surface area contributed by atoms with E-state index in [1.807, 2.05) is 53.9 Å². The average molecular weight is 512 g/mol. The van der Waals surface area contributed by atoms with Gasteiger partial charge in [0.05, 0.1) is 30.3 Å². The number of nitrogens with zero attached hydrogens (tertiary/aromatic N) is 3. The second kappa shape index (κ2) is 11.5. The maximum atomic E-state index is 13.6. The van der Waals surface area contributed by atoms with Gasteiger partial charge in [-0.3, -0.25) is 9.59 Å². The number of methoxy groups -OCH3 is 2. The molecule has 2 amide bonds. The van der Waals surface area contributed by atoms with Crippen LogP contribution in [0, 0.1) is 0 Å². The van der Waals surface area contributed by atoms with Crippen molar-refractivity contribution in [3.8, 4) is 5.75 Å². The third kappa shape index (κ3) is 5.73. The molecule has 4 rings (SSSR count). The lowest BCUT2D eigenvalue weighted by Gasteiger charge is -2.27. The largest absolute Gasteiger partial charge is 0.497 e. The van der Waals surface area contributed by atoms with E-state index in [-0.39, 0.29) is 24.9 Å². The zero-order valence-electron chi connectivity index (χ0n) is 19.5. The second-order valence-corrected chi connectivity index (χ2v) is 9.31. The number of thiophene rings is 1. The summed E-state index contributed by atoms with van der Waals surface area (Å²) in [5.74, 6) is 0.196. The molecule has 0 aliphatic carbocycles. The smallest absolute Gasteiger partial charge is 0.264 e. The van der Waals surface area contributed by atoms with E-state index in [0.717, 1.165) is 16.8 Å². The summed E-state index contributed by atoms with van der Waals surface area (Å²) in [6.07, 6.45) is 0.486. The van der Waals surface area contributed by atoms with E-state index in [9.17, 15) is 9.59 Å². The number of ether oxygens (including phenoxy) is 2. The zero-order valence-corrected chi connectivity index (χ0v) is 21.1. The molecule has 1 aliphatic heterocycles. The standard InChI is InChI=1S/C26H26ClN3O4S/c1-33-13-12-29(26(32)24-11-6-14-35-24)17-25(31)30-23(20-9-3-4-10-21(20)27)16-22(28-30)18-7-5-8-19(15-18)34-2/h3-11,14-15,23H,12-13,16-17H2,1-2H3/t23-/m0/s1. The Morgan fingerprint density at radius 1 is 1.14 bits per heavy atom. The van der Waals surface area contributed by atoms with Gasteiger partial charge >= 0.3 is 0 Å². The first kappa shape index (κ1) is 24.9. The number of benzene rings is 2. The maximum Gasteiger partial charge on any atom is 0.264 e. The monoisotopic (exact) mass is 511 g/mol. The Bertz CT molecular complexity index is 1210. The molecule has 0 saturated carbocycles. The molecule has 1 aliphatic rings. The summed E-state index contributed by atoms with van der Waals surface area (Å²) in [6.45, 7) is 0.475. The van der Waals surface area contributed by atoms with Crippen LogP contribution >= 0.6 is 22.9 Å². The maximum absolute atomic E-state index is 13.6. The van der Waals surface area contributed by atoms with Crippen LogP contribution in [-0.2, 0) is 9.53 Å². The van der Waals surface area contributed by atoms with Gasteiger partial charge in [-0.05, 0) is 35.2 Å². The van der Waals surface area contributed by atoms with Crippen molar-refractivity contribution in [2.75, 3.05) is 33.9 Å². The van der Waals surface area contributed by atoms with Crippen LogP contribution in [0.5, 0.6) is 5.75 Å². The van der Waals surface area contributed by atoms with Gasteiger partial charge in [0.15, 0.2) is 0 Å². The molecule has 0 saturated heterocycles. The molecule has 0 unspecified atom stereocenters. The molecule has 0 radical (unpaired) electrons. The molecule has 7 nitrogen and oxygen atoms in total. The Morgan fingerprint density at radius 2 is 1.97 bits per heavy atom. The number of rotatable bonds is 9. The zero-order chi connectivity index (χ0) is 24.8. The van der Waals surface area contributed by atoms with Gasteiger partial charge in [0, 0.05) is 30.7 Å². The highest BCUT2D eigenvalue weighted by atomic mass is 35.5. The first-order valence-electron chi connectivity index (χ1n) is 11.1. The fraction of sp³-hybridized carbons (Fsp3) is 0.269. The first-order chi connectivity index (χ1) is 17.0. The van der Waals surface area contributed by atoms with Gasteiger partial charge in [0.25, 0.3) is 11.8 Å². The first-order valence-corrected chi connectivity index (χ1v) is 12.4. The highest BCUT2D eigenvalue weighted by molar-refractivity contribution is 7.12. The van der Waals surface area contributed by atoms with E-state index >= 15 is 0 Å². The van der Waals surface area contributed by atoms with Crippen LogP contribution in [0.3, 0.4) is 0 Å². The number of hydrazone groups is 1. The number of hydrogen-bond donors (Lipinski definition) is 0. The third-order valence-corrected chi connectivity index (χ3v) is 6.95. The van der Waals surface area contributed by atoms with Gasteiger partial charge in [-0.2, -0.15) is 5.10 Å². The molecule has 2 aromatic carbocycles. The Hall–Kier alpha value is -3.20. The summed E-state index contributed by atoms with van der Waals surface area (Å²) in [6, 6.07) is 18.2. The highest BCUT2D eigenvalue weighted by Gasteiger charge is 2.35. The number of carbonyl (C=O) groups excluding carboxylic acids is 2. The van der Waals surface area contributed by atoms with Crippen molar-refractivity contribution in [1.82, 2.24) is 9.91 Å². The Balaban J connectivity index is 1.65. The molecule has 1 atom stereocenters. The van der Waals surface area contributed by atoms with E-state index in [4.69, 9.17) is 26.2 Å². The fourth-order valence-electron chi connectivity index (χ4n) is 3.95. The summed E-state index contributed by atoms with van der Waals surface area (Å²) in [5, 5.41) is 8.56. The molecule has 3 aromatic rings. The lowest BCUT2D eigenvalue weighted by molar-refractivity contribution is -0.133.